The van der Waals surface area contributed by atoms with Crippen molar-refractivity contribution in [1.82, 2.24) is 10.3 Å². The minimum Gasteiger partial charge on any atom is -0.311 e. The molecule has 2 nitrogen and oxygen atoms in total. The van der Waals surface area contributed by atoms with Crippen LogP contribution in [0.2, 0.25) is 10.0 Å². The number of benzene rings is 1. The van der Waals surface area contributed by atoms with Gasteiger partial charge in [-0.1, -0.05) is 29.3 Å². The van der Waals surface area contributed by atoms with Crippen molar-refractivity contribution in [3.05, 3.63) is 49.9 Å². The summed E-state index contributed by atoms with van der Waals surface area (Å²) < 4.78 is 0. The molecule has 5 heteroatoms. The summed E-state index contributed by atoms with van der Waals surface area (Å²) in [7, 11) is 0. The monoisotopic (exact) mass is 300 g/mol. The second-order valence-electron chi connectivity index (χ2n) is 4.02. The number of rotatable bonds is 5. The second kappa shape index (κ2) is 6.53. The van der Waals surface area contributed by atoms with Gasteiger partial charge >= 0.3 is 0 Å². The standard InChI is InChI=1S/C13H14Cl2N2S/c1-9-17-12(8-18-9)7-16-5-4-10-2-3-11(14)6-13(10)15/h2-3,6,8,16H,4-5,7H2,1H3. The first-order valence-electron chi connectivity index (χ1n) is 5.71. The lowest BCUT2D eigenvalue weighted by Crippen LogP contribution is -2.17. The van der Waals surface area contributed by atoms with Crippen molar-refractivity contribution in [2.45, 2.75) is 19.9 Å². The van der Waals surface area contributed by atoms with Crippen molar-refractivity contribution in [3.63, 3.8) is 0 Å². The van der Waals surface area contributed by atoms with E-state index in [1.54, 1.807) is 17.4 Å². The molecule has 2 rings (SSSR count). The Balaban J connectivity index is 1.78. The zero-order valence-corrected chi connectivity index (χ0v) is 12.4. The molecule has 1 aromatic heterocycles. The zero-order valence-electron chi connectivity index (χ0n) is 10.0. The van der Waals surface area contributed by atoms with Gasteiger partial charge in [-0.3, -0.25) is 0 Å². The van der Waals surface area contributed by atoms with Crippen molar-refractivity contribution in [2.24, 2.45) is 0 Å². The molecule has 0 aliphatic rings. The number of halogens is 2. The van der Waals surface area contributed by atoms with E-state index in [0.29, 0.717) is 5.02 Å². The lowest BCUT2D eigenvalue weighted by atomic mass is 10.1. The van der Waals surface area contributed by atoms with Crippen LogP contribution in [0.25, 0.3) is 0 Å². The fraction of sp³-hybridized carbons (Fsp3) is 0.308. The van der Waals surface area contributed by atoms with Gasteiger partial charge in [0.15, 0.2) is 0 Å². The number of hydrogen-bond acceptors (Lipinski definition) is 3. The Morgan fingerprint density at radius 2 is 2.17 bits per heavy atom. The number of aromatic nitrogens is 1. The molecule has 0 fully saturated rings. The average molecular weight is 301 g/mol. The fourth-order valence-corrected chi connectivity index (χ4v) is 2.77. The molecule has 1 aromatic carbocycles. The molecule has 0 aliphatic carbocycles. The predicted molar refractivity (Wildman–Crippen MR) is 78.7 cm³/mol. The molecule has 0 saturated heterocycles. The molecular formula is C13H14Cl2N2S. The van der Waals surface area contributed by atoms with Gasteiger partial charge in [-0.15, -0.1) is 11.3 Å². The van der Waals surface area contributed by atoms with Crippen LogP contribution < -0.4 is 5.32 Å². The summed E-state index contributed by atoms with van der Waals surface area (Å²) >= 11 is 13.6. The van der Waals surface area contributed by atoms with Gasteiger partial charge in [-0.2, -0.15) is 0 Å². The summed E-state index contributed by atoms with van der Waals surface area (Å²) in [4.78, 5) is 4.40. The zero-order chi connectivity index (χ0) is 13.0. The molecule has 0 saturated carbocycles. The van der Waals surface area contributed by atoms with Crippen LogP contribution >= 0.6 is 34.5 Å². The van der Waals surface area contributed by atoms with E-state index in [9.17, 15) is 0 Å². The van der Waals surface area contributed by atoms with Crippen molar-refractivity contribution in [3.8, 4) is 0 Å². The number of nitrogens with one attached hydrogen (secondary N) is 1. The molecular weight excluding hydrogens is 287 g/mol. The third kappa shape index (κ3) is 3.95. The Bertz CT molecular complexity index is 525. The van der Waals surface area contributed by atoms with Crippen LogP contribution in [0.3, 0.4) is 0 Å². The number of hydrogen-bond donors (Lipinski definition) is 1. The normalized spacial score (nSPS) is 10.8. The van der Waals surface area contributed by atoms with Crippen molar-refractivity contribution < 1.29 is 0 Å². The van der Waals surface area contributed by atoms with E-state index < -0.39 is 0 Å². The summed E-state index contributed by atoms with van der Waals surface area (Å²) in [6.45, 7) is 3.69. The molecule has 1 heterocycles. The van der Waals surface area contributed by atoms with Crippen LogP contribution in [0.1, 0.15) is 16.3 Å². The summed E-state index contributed by atoms with van der Waals surface area (Å²) in [6, 6.07) is 5.62. The SMILES string of the molecule is Cc1nc(CNCCc2ccc(Cl)cc2Cl)cs1. The number of nitrogens with zero attached hydrogens (tertiary/aromatic N) is 1. The minimum absolute atomic E-state index is 0.676. The van der Waals surface area contributed by atoms with Crippen LogP contribution in [0, 0.1) is 6.92 Å². The van der Waals surface area contributed by atoms with Crippen molar-refractivity contribution in [2.75, 3.05) is 6.54 Å². The largest absolute Gasteiger partial charge is 0.311 e. The molecule has 0 spiro atoms. The summed E-state index contributed by atoms with van der Waals surface area (Å²) in [5, 5.41) is 7.95. The summed E-state index contributed by atoms with van der Waals surface area (Å²) in [5.41, 5.74) is 2.21. The van der Waals surface area contributed by atoms with Gasteiger partial charge in [0, 0.05) is 22.0 Å². The highest BCUT2D eigenvalue weighted by atomic mass is 35.5. The molecule has 0 bridgehead atoms. The van der Waals surface area contributed by atoms with E-state index >= 15 is 0 Å². The van der Waals surface area contributed by atoms with Crippen LogP contribution in [-0.2, 0) is 13.0 Å². The third-order valence-electron chi connectivity index (χ3n) is 2.56. The van der Waals surface area contributed by atoms with E-state index in [2.05, 4.69) is 15.7 Å². The topological polar surface area (TPSA) is 24.9 Å². The molecule has 2 aromatic rings. The minimum atomic E-state index is 0.676. The first-order valence-corrected chi connectivity index (χ1v) is 7.34. The van der Waals surface area contributed by atoms with E-state index in [0.717, 1.165) is 40.8 Å². The molecule has 96 valence electrons. The Morgan fingerprint density at radius 1 is 1.33 bits per heavy atom. The van der Waals surface area contributed by atoms with E-state index in [1.165, 1.54) is 0 Å². The van der Waals surface area contributed by atoms with Gasteiger partial charge in [0.1, 0.15) is 0 Å². The smallest absolute Gasteiger partial charge is 0.0897 e. The average Bonchev–Trinajstić information content (AvgIpc) is 2.73. The number of thiazole rings is 1. The maximum absolute atomic E-state index is 6.11. The highest BCUT2D eigenvalue weighted by molar-refractivity contribution is 7.09. The second-order valence-corrected chi connectivity index (χ2v) is 5.93. The van der Waals surface area contributed by atoms with Gasteiger partial charge in [0.05, 0.1) is 10.7 Å². The molecule has 0 unspecified atom stereocenters. The quantitative estimate of drug-likeness (QED) is 0.841. The molecule has 0 radical (unpaired) electrons. The van der Waals surface area contributed by atoms with Gasteiger partial charge in [0.25, 0.3) is 0 Å². The van der Waals surface area contributed by atoms with E-state index in [4.69, 9.17) is 23.2 Å². The Kier molecular flexibility index (Phi) is 5.01. The van der Waals surface area contributed by atoms with Gasteiger partial charge in [-0.25, -0.2) is 4.98 Å². The van der Waals surface area contributed by atoms with Gasteiger partial charge in [-0.05, 0) is 37.6 Å². The van der Waals surface area contributed by atoms with Crippen LogP contribution in [0.15, 0.2) is 23.6 Å². The van der Waals surface area contributed by atoms with E-state index in [1.807, 2.05) is 19.1 Å². The molecule has 0 aliphatic heterocycles. The Labute approximate surface area is 121 Å². The van der Waals surface area contributed by atoms with Gasteiger partial charge in [0.2, 0.25) is 0 Å². The van der Waals surface area contributed by atoms with Gasteiger partial charge < -0.3 is 5.32 Å². The number of aryl methyl sites for hydroxylation is 1. The molecule has 0 atom stereocenters. The van der Waals surface area contributed by atoms with Crippen LogP contribution in [-0.4, -0.2) is 11.5 Å². The summed E-state index contributed by atoms with van der Waals surface area (Å²) in [5.74, 6) is 0. The Morgan fingerprint density at radius 3 is 2.83 bits per heavy atom. The van der Waals surface area contributed by atoms with Crippen molar-refractivity contribution in [1.29, 1.82) is 0 Å². The first-order chi connectivity index (χ1) is 8.65. The summed E-state index contributed by atoms with van der Waals surface area (Å²) in [6.07, 6.45) is 0.888. The first kappa shape index (κ1) is 13.8. The lowest BCUT2D eigenvalue weighted by Gasteiger charge is -2.05. The molecule has 18 heavy (non-hydrogen) atoms. The van der Waals surface area contributed by atoms with Crippen LogP contribution in [0.4, 0.5) is 0 Å². The highest BCUT2D eigenvalue weighted by Gasteiger charge is 2.02. The van der Waals surface area contributed by atoms with E-state index in [-0.39, 0.29) is 0 Å². The molecule has 1 N–H and O–H groups in total. The Hall–Kier alpha value is -0.610. The van der Waals surface area contributed by atoms with Crippen LogP contribution in [0.5, 0.6) is 0 Å². The maximum Gasteiger partial charge on any atom is 0.0897 e. The third-order valence-corrected chi connectivity index (χ3v) is 3.97. The van der Waals surface area contributed by atoms with Crippen molar-refractivity contribution >= 4 is 34.5 Å². The maximum atomic E-state index is 6.11. The lowest BCUT2D eigenvalue weighted by molar-refractivity contribution is 0.676. The molecule has 0 amide bonds. The predicted octanol–water partition coefficient (Wildman–Crippen LogP) is 4.09. The fourth-order valence-electron chi connectivity index (χ4n) is 1.65. The highest BCUT2D eigenvalue weighted by Crippen LogP contribution is 2.21.